The predicted molar refractivity (Wildman–Crippen MR) is 65.7 cm³/mol. The summed E-state index contributed by atoms with van der Waals surface area (Å²) in [6.45, 7) is 2.82. The van der Waals surface area contributed by atoms with Crippen LogP contribution in [0.1, 0.15) is 26.2 Å². The third kappa shape index (κ3) is 2.13. The van der Waals surface area contributed by atoms with E-state index in [4.69, 9.17) is 28.9 Å². The van der Waals surface area contributed by atoms with Gasteiger partial charge in [-0.3, -0.25) is 9.59 Å². The van der Waals surface area contributed by atoms with Gasteiger partial charge in [-0.2, -0.15) is 0 Å². The lowest BCUT2D eigenvalue weighted by atomic mass is 9.96. The number of carbonyl (C=O) groups excluding carboxylic acids is 2. The summed E-state index contributed by atoms with van der Waals surface area (Å²) in [6.07, 6.45) is 2.02. The lowest BCUT2D eigenvalue weighted by Crippen LogP contribution is -2.47. The molecule has 1 saturated heterocycles. The van der Waals surface area contributed by atoms with Gasteiger partial charge in [-0.05, 0) is 26.2 Å². The molecule has 2 amide bonds. The van der Waals surface area contributed by atoms with E-state index in [9.17, 15) is 9.59 Å². The standard InChI is InChI=1S/C11H16Cl2N2O2/c1-10(6-11(10,12)13)9(17)15-4-2-3-7(5-15)8(14)16/h7H,2-6H2,1H3,(H2,14,16). The van der Waals surface area contributed by atoms with E-state index < -0.39 is 9.75 Å². The molecule has 0 aromatic heterocycles. The van der Waals surface area contributed by atoms with E-state index in [-0.39, 0.29) is 17.7 Å². The van der Waals surface area contributed by atoms with Crippen LogP contribution in [0.15, 0.2) is 0 Å². The molecule has 1 aliphatic carbocycles. The molecule has 0 bridgehead atoms. The van der Waals surface area contributed by atoms with Crippen LogP contribution in [-0.4, -0.2) is 34.1 Å². The highest BCUT2D eigenvalue weighted by molar-refractivity contribution is 6.53. The van der Waals surface area contributed by atoms with E-state index in [1.54, 1.807) is 11.8 Å². The minimum Gasteiger partial charge on any atom is -0.369 e. The summed E-state index contributed by atoms with van der Waals surface area (Å²) in [5.41, 5.74) is 4.58. The molecule has 1 heterocycles. The molecule has 96 valence electrons. The molecule has 1 saturated carbocycles. The van der Waals surface area contributed by atoms with E-state index >= 15 is 0 Å². The summed E-state index contributed by atoms with van der Waals surface area (Å²) >= 11 is 12.0. The van der Waals surface area contributed by atoms with Gasteiger partial charge in [0.2, 0.25) is 11.8 Å². The highest BCUT2D eigenvalue weighted by Crippen LogP contribution is 2.64. The fourth-order valence-corrected chi connectivity index (χ4v) is 3.07. The first kappa shape index (κ1) is 13.0. The van der Waals surface area contributed by atoms with Crippen molar-refractivity contribution in [3.8, 4) is 0 Å². The molecule has 2 aliphatic rings. The van der Waals surface area contributed by atoms with Crippen molar-refractivity contribution in [2.75, 3.05) is 13.1 Å². The first-order valence-corrected chi connectivity index (χ1v) is 6.50. The smallest absolute Gasteiger partial charge is 0.231 e. The monoisotopic (exact) mass is 278 g/mol. The topological polar surface area (TPSA) is 63.4 Å². The molecule has 0 spiro atoms. The molecule has 1 aliphatic heterocycles. The van der Waals surface area contributed by atoms with Gasteiger partial charge in [-0.1, -0.05) is 0 Å². The Labute approximate surface area is 110 Å². The molecule has 2 fully saturated rings. The number of rotatable bonds is 2. The van der Waals surface area contributed by atoms with Crippen molar-refractivity contribution in [3.05, 3.63) is 0 Å². The zero-order valence-corrected chi connectivity index (χ0v) is 11.2. The summed E-state index contributed by atoms with van der Waals surface area (Å²) in [7, 11) is 0. The normalized spacial score (nSPS) is 35.5. The zero-order valence-electron chi connectivity index (χ0n) is 9.71. The fraction of sp³-hybridized carbons (Fsp3) is 0.818. The number of likely N-dealkylation sites (tertiary alicyclic amines) is 1. The van der Waals surface area contributed by atoms with Crippen LogP contribution in [0.4, 0.5) is 0 Å². The Bertz CT molecular complexity index is 372. The largest absolute Gasteiger partial charge is 0.369 e. The van der Waals surface area contributed by atoms with Crippen molar-refractivity contribution >= 4 is 35.0 Å². The SMILES string of the molecule is CC1(C(=O)N2CCCC(C(N)=O)C2)CC1(Cl)Cl. The highest BCUT2D eigenvalue weighted by Gasteiger charge is 2.68. The van der Waals surface area contributed by atoms with Gasteiger partial charge in [0.05, 0.1) is 11.3 Å². The maximum Gasteiger partial charge on any atom is 0.231 e. The van der Waals surface area contributed by atoms with Crippen LogP contribution in [0.3, 0.4) is 0 Å². The van der Waals surface area contributed by atoms with Crippen molar-refractivity contribution < 1.29 is 9.59 Å². The summed E-state index contributed by atoms with van der Waals surface area (Å²) in [5, 5.41) is 0. The van der Waals surface area contributed by atoms with E-state index in [1.807, 2.05) is 0 Å². The maximum absolute atomic E-state index is 12.3. The Hall–Kier alpha value is -0.480. The first-order valence-electron chi connectivity index (χ1n) is 5.74. The van der Waals surface area contributed by atoms with Gasteiger partial charge in [-0.15, -0.1) is 23.2 Å². The fourth-order valence-electron chi connectivity index (χ4n) is 2.37. The van der Waals surface area contributed by atoms with Crippen molar-refractivity contribution in [1.29, 1.82) is 0 Å². The second-order valence-electron chi connectivity index (χ2n) is 5.21. The number of primary amides is 1. The Morgan fingerprint density at radius 2 is 2.00 bits per heavy atom. The molecule has 0 aromatic carbocycles. The molecule has 2 rings (SSSR count). The van der Waals surface area contributed by atoms with Crippen LogP contribution in [-0.2, 0) is 9.59 Å². The molecule has 2 N–H and O–H groups in total. The van der Waals surface area contributed by atoms with E-state index in [2.05, 4.69) is 0 Å². The van der Waals surface area contributed by atoms with Gasteiger partial charge in [0, 0.05) is 13.1 Å². The first-order chi connectivity index (χ1) is 7.78. The van der Waals surface area contributed by atoms with E-state index in [0.717, 1.165) is 12.8 Å². The maximum atomic E-state index is 12.3. The van der Waals surface area contributed by atoms with Gasteiger partial charge in [-0.25, -0.2) is 0 Å². The van der Waals surface area contributed by atoms with Gasteiger partial charge in [0.1, 0.15) is 4.33 Å². The van der Waals surface area contributed by atoms with Crippen LogP contribution in [0.25, 0.3) is 0 Å². The van der Waals surface area contributed by atoms with Gasteiger partial charge < -0.3 is 10.6 Å². The van der Waals surface area contributed by atoms with Gasteiger partial charge in [0.25, 0.3) is 0 Å². The lowest BCUT2D eigenvalue weighted by molar-refractivity contribution is -0.139. The van der Waals surface area contributed by atoms with Crippen LogP contribution >= 0.6 is 23.2 Å². The molecule has 0 radical (unpaired) electrons. The number of nitrogens with two attached hydrogens (primary N) is 1. The second kappa shape index (κ2) is 4.02. The predicted octanol–water partition coefficient (Wildman–Crippen LogP) is 1.29. The minimum atomic E-state index is -0.955. The number of piperidine rings is 1. The molecule has 6 heteroatoms. The Morgan fingerprint density at radius 1 is 1.41 bits per heavy atom. The highest BCUT2D eigenvalue weighted by atomic mass is 35.5. The van der Waals surface area contributed by atoms with Crippen molar-refractivity contribution in [3.63, 3.8) is 0 Å². The molecule has 4 nitrogen and oxygen atoms in total. The average Bonchev–Trinajstić information content (AvgIpc) is 2.78. The summed E-state index contributed by atoms with van der Waals surface area (Å²) in [4.78, 5) is 25.1. The third-order valence-electron chi connectivity index (χ3n) is 3.84. The van der Waals surface area contributed by atoms with Crippen LogP contribution in [0.5, 0.6) is 0 Å². The van der Waals surface area contributed by atoms with Crippen molar-refractivity contribution in [1.82, 2.24) is 4.90 Å². The number of nitrogens with zero attached hydrogens (tertiary/aromatic N) is 1. The molecular formula is C11H16Cl2N2O2. The van der Waals surface area contributed by atoms with Crippen LogP contribution in [0.2, 0.25) is 0 Å². The Balaban J connectivity index is 2.04. The Morgan fingerprint density at radius 3 is 2.47 bits per heavy atom. The number of hydrogen-bond donors (Lipinski definition) is 1. The average molecular weight is 279 g/mol. The van der Waals surface area contributed by atoms with Crippen molar-refractivity contribution in [2.45, 2.75) is 30.5 Å². The van der Waals surface area contributed by atoms with Crippen LogP contribution < -0.4 is 5.73 Å². The summed E-state index contributed by atoms with van der Waals surface area (Å²) in [6, 6.07) is 0. The number of halogens is 2. The number of carbonyl (C=O) groups is 2. The Kier molecular flexibility index (Phi) is 3.07. The van der Waals surface area contributed by atoms with E-state index in [1.165, 1.54) is 0 Å². The van der Waals surface area contributed by atoms with Crippen molar-refractivity contribution in [2.24, 2.45) is 17.1 Å². The lowest BCUT2D eigenvalue weighted by Gasteiger charge is -2.33. The molecule has 2 unspecified atom stereocenters. The van der Waals surface area contributed by atoms with Gasteiger partial charge in [0.15, 0.2) is 0 Å². The molecular weight excluding hydrogens is 263 g/mol. The minimum absolute atomic E-state index is 0.0616. The molecule has 0 aromatic rings. The molecule has 2 atom stereocenters. The van der Waals surface area contributed by atoms with Crippen LogP contribution in [0, 0.1) is 11.3 Å². The second-order valence-corrected chi connectivity index (χ2v) is 6.69. The van der Waals surface area contributed by atoms with E-state index in [0.29, 0.717) is 19.5 Å². The summed E-state index contributed by atoms with van der Waals surface area (Å²) in [5.74, 6) is -0.644. The number of hydrogen-bond acceptors (Lipinski definition) is 2. The zero-order chi connectivity index (χ0) is 12.8. The van der Waals surface area contributed by atoms with Gasteiger partial charge >= 0.3 is 0 Å². The summed E-state index contributed by atoms with van der Waals surface area (Å²) < 4.78 is -0.955. The quantitative estimate of drug-likeness (QED) is 0.774. The third-order valence-corrected chi connectivity index (χ3v) is 4.94. The molecule has 17 heavy (non-hydrogen) atoms. The number of alkyl halides is 2. The number of amides is 2.